The molecule has 2 aromatic carbocycles. The molecule has 1 fully saturated rings. The Balaban J connectivity index is 1.31. The molecule has 2 heterocycles. The molecule has 1 aliphatic rings. The van der Waals surface area contributed by atoms with Crippen molar-refractivity contribution >= 4 is 17.7 Å². The first-order valence-electron chi connectivity index (χ1n) is 10.9. The monoisotopic (exact) mass is 434 g/mol. The molecule has 4 rings (SSSR count). The summed E-state index contributed by atoms with van der Waals surface area (Å²) in [7, 11) is 0. The summed E-state index contributed by atoms with van der Waals surface area (Å²) in [5.41, 5.74) is 3.73. The van der Waals surface area contributed by atoms with Gasteiger partial charge in [0.1, 0.15) is 0 Å². The molecule has 0 radical (unpaired) electrons. The van der Waals surface area contributed by atoms with Crippen LogP contribution in [0, 0.1) is 13.8 Å². The van der Waals surface area contributed by atoms with Crippen LogP contribution in [0.3, 0.4) is 0 Å². The third-order valence-corrected chi connectivity index (χ3v) is 6.84. The van der Waals surface area contributed by atoms with E-state index in [0.29, 0.717) is 6.54 Å². The minimum atomic E-state index is 0.118. The Hall–Kier alpha value is -2.57. The number of rotatable bonds is 7. The van der Waals surface area contributed by atoms with Crippen LogP contribution >= 0.6 is 11.8 Å². The zero-order chi connectivity index (χ0) is 21.6. The maximum atomic E-state index is 13.3. The topological polar surface area (TPSA) is 41.4 Å². The van der Waals surface area contributed by atoms with Crippen LogP contribution in [0.4, 0.5) is 0 Å². The number of hydrogen-bond donors (Lipinski definition) is 0. The largest absolute Gasteiger partial charge is 0.336 e. The second kappa shape index (κ2) is 10.2. The first kappa shape index (κ1) is 21.7. The molecule has 1 aliphatic heterocycles. The van der Waals surface area contributed by atoms with Crippen molar-refractivity contribution < 1.29 is 4.79 Å². The van der Waals surface area contributed by atoms with Gasteiger partial charge >= 0.3 is 0 Å². The average Bonchev–Trinajstić information content (AvgIpc) is 3.08. The number of carbonyl (C=O) groups excluding carboxylic acids is 1. The van der Waals surface area contributed by atoms with Gasteiger partial charge in [-0.25, -0.2) is 0 Å². The van der Waals surface area contributed by atoms with Gasteiger partial charge in [-0.1, -0.05) is 48.5 Å². The number of piperazine rings is 1. The highest BCUT2D eigenvalue weighted by molar-refractivity contribution is 7.99. The Morgan fingerprint density at radius 1 is 0.935 bits per heavy atom. The lowest BCUT2D eigenvalue weighted by Crippen LogP contribution is -2.49. The minimum absolute atomic E-state index is 0.118. The molecule has 1 saturated heterocycles. The third-order valence-electron chi connectivity index (χ3n) is 5.85. The van der Waals surface area contributed by atoms with Gasteiger partial charge in [-0.15, -0.1) is 11.8 Å². The van der Waals surface area contributed by atoms with Crippen LogP contribution in [-0.2, 0) is 6.54 Å². The van der Waals surface area contributed by atoms with Gasteiger partial charge in [0.15, 0.2) is 0 Å². The Bertz CT molecular complexity index is 995. The van der Waals surface area contributed by atoms with Crippen LogP contribution in [0.2, 0.25) is 0 Å². The number of thioether (sulfide) groups is 1. The molecule has 1 aromatic heterocycles. The van der Waals surface area contributed by atoms with Gasteiger partial charge in [-0.05, 0) is 31.5 Å². The van der Waals surface area contributed by atoms with Gasteiger partial charge in [0.05, 0.1) is 17.8 Å². The zero-order valence-electron chi connectivity index (χ0n) is 18.3. The van der Waals surface area contributed by atoms with E-state index in [0.717, 1.165) is 55.4 Å². The first-order chi connectivity index (χ1) is 15.1. The van der Waals surface area contributed by atoms with Crippen LogP contribution in [0.5, 0.6) is 0 Å². The number of amides is 1. The summed E-state index contributed by atoms with van der Waals surface area (Å²) in [6.45, 7) is 9.10. The molecule has 0 aliphatic carbocycles. The van der Waals surface area contributed by atoms with Crippen LogP contribution in [-0.4, -0.2) is 64.0 Å². The summed E-state index contributed by atoms with van der Waals surface area (Å²) in [5, 5.41) is 4.66. The lowest BCUT2D eigenvalue weighted by molar-refractivity contribution is 0.0643. The molecule has 31 heavy (non-hydrogen) atoms. The standard InChI is InChI=1S/C25H30N4OS/c1-20-24(21(2)29(26-20)19-22-9-5-3-6-10-22)25(30)28-15-13-27(14-16-28)17-18-31-23-11-7-4-8-12-23/h3-12H,13-19H2,1-2H3. The quantitative estimate of drug-likeness (QED) is 0.525. The predicted molar refractivity (Wildman–Crippen MR) is 127 cm³/mol. The maximum absolute atomic E-state index is 13.3. The Kier molecular flexibility index (Phi) is 7.10. The summed E-state index contributed by atoms with van der Waals surface area (Å²) >= 11 is 1.89. The number of carbonyl (C=O) groups is 1. The van der Waals surface area contributed by atoms with Crippen molar-refractivity contribution in [1.29, 1.82) is 0 Å². The molecule has 0 spiro atoms. The highest BCUT2D eigenvalue weighted by Gasteiger charge is 2.26. The number of aromatic nitrogens is 2. The van der Waals surface area contributed by atoms with E-state index >= 15 is 0 Å². The summed E-state index contributed by atoms with van der Waals surface area (Å²) < 4.78 is 1.95. The molecule has 0 bridgehead atoms. The average molecular weight is 435 g/mol. The fourth-order valence-corrected chi connectivity index (χ4v) is 4.99. The lowest BCUT2D eigenvalue weighted by atomic mass is 10.1. The van der Waals surface area contributed by atoms with Gasteiger partial charge in [-0.2, -0.15) is 5.10 Å². The fourth-order valence-electron chi connectivity index (χ4n) is 4.06. The number of hydrogen-bond acceptors (Lipinski definition) is 4. The zero-order valence-corrected chi connectivity index (χ0v) is 19.1. The van der Waals surface area contributed by atoms with Crippen molar-refractivity contribution in [2.24, 2.45) is 0 Å². The molecular formula is C25H30N4OS. The summed E-state index contributed by atoms with van der Waals surface area (Å²) in [5.74, 6) is 1.19. The van der Waals surface area contributed by atoms with Gasteiger partial charge in [-0.3, -0.25) is 14.4 Å². The molecule has 0 unspecified atom stereocenters. The smallest absolute Gasteiger partial charge is 0.257 e. The third kappa shape index (κ3) is 5.38. The van der Waals surface area contributed by atoms with Gasteiger partial charge < -0.3 is 4.90 Å². The van der Waals surface area contributed by atoms with Crippen molar-refractivity contribution in [2.45, 2.75) is 25.3 Å². The second-order valence-electron chi connectivity index (χ2n) is 7.98. The van der Waals surface area contributed by atoms with Crippen molar-refractivity contribution in [2.75, 3.05) is 38.5 Å². The van der Waals surface area contributed by atoms with Crippen LogP contribution in [0.25, 0.3) is 0 Å². The van der Waals surface area contributed by atoms with E-state index in [-0.39, 0.29) is 5.91 Å². The summed E-state index contributed by atoms with van der Waals surface area (Å²) in [6, 6.07) is 20.8. The van der Waals surface area contributed by atoms with Crippen molar-refractivity contribution in [1.82, 2.24) is 19.6 Å². The van der Waals surface area contributed by atoms with Crippen molar-refractivity contribution in [3.63, 3.8) is 0 Å². The van der Waals surface area contributed by atoms with E-state index in [1.807, 2.05) is 53.4 Å². The summed E-state index contributed by atoms with van der Waals surface area (Å²) in [4.78, 5) is 19.0. The molecule has 6 heteroatoms. The molecular weight excluding hydrogens is 404 g/mol. The number of benzene rings is 2. The Labute approximate surface area is 189 Å². The highest BCUT2D eigenvalue weighted by atomic mass is 32.2. The lowest BCUT2D eigenvalue weighted by Gasteiger charge is -2.34. The van der Waals surface area contributed by atoms with E-state index in [4.69, 9.17) is 0 Å². The van der Waals surface area contributed by atoms with E-state index in [1.165, 1.54) is 10.5 Å². The number of nitrogens with zero attached hydrogens (tertiary/aromatic N) is 4. The summed E-state index contributed by atoms with van der Waals surface area (Å²) in [6.07, 6.45) is 0. The number of aryl methyl sites for hydroxylation is 1. The van der Waals surface area contributed by atoms with Crippen molar-refractivity contribution in [3.8, 4) is 0 Å². The van der Waals surface area contributed by atoms with E-state index in [9.17, 15) is 4.79 Å². The molecule has 1 amide bonds. The molecule has 3 aromatic rings. The Morgan fingerprint density at radius 2 is 1.58 bits per heavy atom. The van der Waals surface area contributed by atoms with E-state index in [2.05, 4.69) is 52.5 Å². The highest BCUT2D eigenvalue weighted by Crippen LogP contribution is 2.20. The Morgan fingerprint density at radius 3 is 2.26 bits per heavy atom. The van der Waals surface area contributed by atoms with Gasteiger partial charge in [0.25, 0.3) is 5.91 Å². The van der Waals surface area contributed by atoms with Crippen LogP contribution in [0.1, 0.15) is 27.3 Å². The van der Waals surface area contributed by atoms with E-state index in [1.54, 1.807) is 0 Å². The fraction of sp³-hybridized carbons (Fsp3) is 0.360. The maximum Gasteiger partial charge on any atom is 0.257 e. The minimum Gasteiger partial charge on any atom is -0.336 e. The molecule has 162 valence electrons. The van der Waals surface area contributed by atoms with Crippen molar-refractivity contribution in [3.05, 3.63) is 83.2 Å². The molecule has 0 atom stereocenters. The SMILES string of the molecule is Cc1nn(Cc2ccccc2)c(C)c1C(=O)N1CCN(CCSc2ccccc2)CC1. The van der Waals surface area contributed by atoms with E-state index < -0.39 is 0 Å². The van der Waals surface area contributed by atoms with Gasteiger partial charge in [0, 0.05) is 49.1 Å². The first-order valence-corrected chi connectivity index (χ1v) is 11.9. The normalized spacial score (nSPS) is 14.7. The van der Waals surface area contributed by atoms with Crippen LogP contribution in [0.15, 0.2) is 65.6 Å². The van der Waals surface area contributed by atoms with Gasteiger partial charge in [0.2, 0.25) is 0 Å². The molecule has 0 saturated carbocycles. The van der Waals surface area contributed by atoms with Crippen LogP contribution < -0.4 is 0 Å². The molecule has 5 nitrogen and oxygen atoms in total. The molecule has 0 N–H and O–H groups in total. The predicted octanol–water partition coefficient (Wildman–Crippen LogP) is 4.10. The second-order valence-corrected chi connectivity index (χ2v) is 9.15.